The number of carbonyl (C=O) groups is 1. The Labute approximate surface area is 129 Å². The molecule has 1 aromatic rings. The standard InChI is InChI=1S/C15H22N4O3/c1-18(2)14-16-8-11(9-17-14)13(21)19-6-4-12(20)15(10-19)5-3-7-22-15/h8-9,12,20H,3-7,10H2,1-2H3/t12-,15-/m0/s1. The topological polar surface area (TPSA) is 78.8 Å². The molecule has 3 heterocycles. The van der Waals surface area contributed by atoms with E-state index in [0.717, 1.165) is 12.8 Å². The smallest absolute Gasteiger partial charge is 0.257 e. The molecule has 1 aromatic heterocycles. The molecule has 0 aliphatic carbocycles. The van der Waals surface area contributed by atoms with Gasteiger partial charge in [-0.3, -0.25) is 4.79 Å². The van der Waals surface area contributed by atoms with Crippen molar-refractivity contribution in [2.75, 3.05) is 38.7 Å². The third kappa shape index (κ3) is 2.66. The van der Waals surface area contributed by atoms with Crippen LogP contribution in [0.3, 0.4) is 0 Å². The van der Waals surface area contributed by atoms with E-state index < -0.39 is 11.7 Å². The Bertz CT molecular complexity index is 540. The molecule has 0 radical (unpaired) electrons. The number of anilines is 1. The average Bonchev–Trinajstić information content (AvgIpc) is 2.99. The summed E-state index contributed by atoms with van der Waals surface area (Å²) in [6, 6.07) is 0. The van der Waals surface area contributed by atoms with Gasteiger partial charge < -0.3 is 19.6 Å². The van der Waals surface area contributed by atoms with Gasteiger partial charge in [-0.25, -0.2) is 9.97 Å². The average molecular weight is 306 g/mol. The van der Waals surface area contributed by atoms with Crippen LogP contribution in [0.25, 0.3) is 0 Å². The number of amides is 1. The molecule has 22 heavy (non-hydrogen) atoms. The number of likely N-dealkylation sites (tertiary alicyclic amines) is 1. The molecule has 2 fully saturated rings. The summed E-state index contributed by atoms with van der Waals surface area (Å²) in [7, 11) is 3.70. The van der Waals surface area contributed by atoms with Crippen LogP contribution in [-0.4, -0.2) is 71.4 Å². The van der Waals surface area contributed by atoms with Crippen molar-refractivity contribution in [3.8, 4) is 0 Å². The lowest BCUT2D eigenvalue weighted by atomic mass is 9.87. The molecule has 7 heteroatoms. The molecular weight excluding hydrogens is 284 g/mol. The van der Waals surface area contributed by atoms with E-state index in [4.69, 9.17) is 4.74 Å². The first-order valence-electron chi connectivity index (χ1n) is 7.62. The summed E-state index contributed by atoms with van der Waals surface area (Å²) in [5.74, 6) is 0.466. The number of rotatable bonds is 2. The first-order valence-corrected chi connectivity index (χ1v) is 7.62. The van der Waals surface area contributed by atoms with Gasteiger partial charge in [0.2, 0.25) is 5.95 Å². The van der Waals surface area contributed by atoms with Crippen molar-refractivity contribution >= 4 is 11.9 Å². The number of hydrogen-bond acceptors (Lipinski definition) is 6. The molecule has 3 rings (SSSR count). The van der Waals surface area contributed by atoms with E-state index in [-0.39, 0.29) is 5.91 Å². The summed E-state index contributed by atoms with van der Waals surface area (Å²) in [4.78, 5) is 24.5. The summed E-state index contributed by atoms with van der Waals surface area (Å²) in [6.07, 6.45) is 4.89. The highest BCUT2D eigenvalue weighted by molar-refractivity contribution is 5.93. The second kappa shape index (κ2) is 5.81. The van der Waals surface area contributed by atoms with Crippen molar-refractivity contribution in [3.63, 3.8) is 0 Å². The van der Waals surface area contributed by atoms with Crippen molar-refractivity contribution in [1.82, 2.24) is 14.9 Å². The maximum Gasteiger partial charge on any atom is 0.257 e. The second-order valence-electron chi connectivity index (χ2n) is 6.21. The first kappa shape index (κ1) is 15.2. The fourth-order valence-corrected chi connectivity index (χ4v) is 3.17. The fraction of sp³-hybridized carbons (Fsp3) is 0.667. The quantitative estimate of drug-likeness (QED) is 0.846. The van der Waals surface area contributed by atoms with Gasteiger partial charge in [0.1, 0.15) is 5.60 Å². The van der Waals surface area contributed by atoms with Gasteiger partial charge in [-0.1, -0.05) is 0 Å². The van der Waals surface area contributed by atoms with Crippen LogP contribution in [0.5, 0.6) is 0 Å². The van der Waals surface area contributed by atoms with Crippen molar-refractivity contribution in [1.29, 1.82) is 0 Å². The summed E-state index contributed by atoms with van der Waals surface area (Å²) in [5.41, 5.74) is -0.117. The van der Waals surface area contributed by atoms with Crippen LogP contribution in [-0.2, 0) is 4.74 Å². The van der Waals surface area contributed by atoms with Crippen molar-refractivity contribution in [2.45, 2.75) is 31.0 Å². The SMILES string of the molecule is CN(C)c1ncc(C(=O)N2CC[C@H](O)[C@]3(CCCO3)C2)cn1. The van der Waals surface area contributed by atoms with Crippen LogP contribution in [0.4, 0.5) is 5.95 Å². The minimum Gasteiger partial charge on any atom is -0.390 e. The third-order valence-electron chi connectivity index (χ3n) is 4.44. The molecule has 2 aliphatic rings. The first-order chi connectivity index (χ1) is 10.5. The van der Waals surface area contributed by atoms with Gasteiger partial charge >= 0.3 is 0 Å². The van der Waals surface area contributed by atoms with Gasteiger partial charge in [0, 0.05) is 39.6 Å². The molecule has 120 valence electrons. The van der Waals surface area contributed by atoms with Gasteiger partial charge in [-0.05, 0) is 19.3 Å². The zero-order chi connectivity index (χ0) is 15.7. The van der Waals surface area contributed by atoms with Crippen LogP contribution in [0, 0.1) is 0 Å². The Hall–Kier alpha value is -1.73. The predicted octanol–water partition coefficient (Wildman–Crippen LogP) is 0.299. The molecule has 2 saturated heterocycles. The lowest BCUT2D eigenvalue weighted by Crippen LogP contribution is -2.57. The third-order valence-corrected chi connectivity index (χ3v) is 4.44. The number of aromatic nitrogens is 2. The van der Waals surface area contributed by atoms with Gasteiger partial charge in [-0.2, -0.15) is 0 Å². The highest BCUT2D eigenvalue weighted by Crippen LogP contribution is 2.35. The van der Waals surface area contributed by atoms with Crippen LogP contribution in [0.15, 0.2) is 12.4 Å². The van der Waals surface area contributed by atoms with Crippen molar-refractivity contribution in [2.24, 2.45) is 0 Å². The van der Waals surface area contributed by atoms with Crippen LogP contribution < -0.4 is 4.90 Å². The number of aliphatic hydroxyl groups is 1. The Morgan fingerprint density at radius 2 is 2.18 bits per heavy atom. The van der Waals surface area contributed by atoms with Gasteiger partial charge in [0.25, 0.3) is 5.91 Å². The van der Waals surface area contributed by atoms with E-state index >= 15 is 0 Å². The largest absolute Gasteiger partial charge is 0.390 e. The fourth-order valence-electron chi connectivity index (χ4n) is 3.17. The number of ether oxygens (including phenoxy) is 1. The molecule has 0 saturated carbocycles. The Morgan fingerprint density at radius 1 is 1.45 bits per heavy atom. The van der Waals surface area contributed by atoms with E-state index in [0.29, 0.717) is 37.6 Å². The van der Waals surface area contributed by atoms with E-state index in [1.54, 1.807) is 22.2 Å². The predicted molar refractivity (Wildman–Crippen MR) is 80.8 cm³/mol. The number of aliphatic hydroxyl groups excluding tert-OH is 1. The number of nitrogens with zero attached hydrogens (tertiary/aromatic N) is 4. The second-order valence-corrected chi connectivity index (χ2v) is 6.21. The normalized spacial score (nSPS) is 28.1. The molecule has 1 amide bonds. The zero-order valence-electron chi connectivity index (χ0n) is 13.0. The molecule has 0 unspecified atom stereocenters. The molecule has 2 atom stereocenters. The maximum absolute atomic E-state index is 12.6. The summed E-state index contributed by atoms with van der Waals surface area (Å²) >= 11 is 0. The van der Waals surface area contributed by atoms with Crippen LogP contribution in [0.2, 0.25) is 0 Å². The van der Waals surface area contributed by atoms with Crippen LogP contribution in [0.1, 0.15) is 29.6 Å². The molecule has 0 aromatic carbocycles. The molecule has 1 spiro atoms. The summed E-state index contributed by atoms with van der Waals surface area (Å²) < 4.78 is 5.78. The molecule has 0 bridgehead atoms. The van der Waals surface area contributed by atoms with Crippen molar-refractivity contribution < 1.29 is 14.6 Å². The summed E-state index contributed by atoms with van der Waals surface area (Å²) in [6.45, 7) is 1.61. The highest BCUT2D eigenvalue weighted by Gasteiger charge is 2.47. The molecular formula is C15H22N4O3. The molecule has 7 nitrogen and oxygen atoms in total. The van der Waals surface area contributed by atoms with Gasteiger partial charge in [-0.15, -0.1) is 0 Å². The highest BCUT2D eigenvalue weighted by atomic mass is 16.5. The van der Waals surface area contributed by atoms with Crippen molar-refractivity contribution in [3.05, 3.63) is 18.0 Å². The number of hydrogen-bond donors (Lipinski definition) is 1. The molecule has 2 aliphatic heterocycles. The minimum atomic E-state index is -0.585. The molecule has 1 N–H and O–H groups in total. The minimum absolute atomic E-state index is 0.105. The monoisotopic (exact) mass is 306 g/mol. The van der Waals surface area contributed by atoms with E-state index in [2.05, 4.69) is 9.97 Å². The lowest BCUT2D eigenvalue weighted by molar-refractivity contribution is -0.124. The zero-order valence-corrected chi connectivity index (χ0v) is 13.0. The summed E-state index contributed by atoms with van der Waals surface area (Å²) in [5, 5.41) is 10.2. The Balaban J connectivity index is 1.74. The Kier molecular flexibility index (Phi) is 4.01. The number of carbonyl (C=O) groups excluding carboxylic acids is 1. The van der Waals surface area contributed by atoms with Crippen LogP contribution >= 0.6 is 0 Å². The van der Waals surface area contributed by atoms with E-state index in [1.165, 1.54) is 0 Å². The van der Waals surface area contributed by atoms with Gasteiger partial charge in [0.05, 0.1) is 18.2 Å². The van der Waals surface area contributed by atoms with E-state index in [1.807, 2.05) is 14.1 Å². The Morgan fingerprint density at radius 3 is 2.77 bits per heavy atom. The number of piperidine rings is 1. The maximum atomic E-state index is 12.6. The van der Waals surface area contributed by atoms with Gasteiger partial charge in [0.15, 0.2) is 0 Å². The van der Waals surface area contributed by atoms with E-state index in [9.17, 15) is 9.90 Å². The lowest BCUT2D eigenvalue weighted by Gasteiger charge is -2.43.